The number of nitrogens with zero attached hydrogens (tertiary/aromatic N) is 2. The zero-order valence-corrected chi connectivity index (χ0v) is 18.1. The number of anilines is 1. The number of methoxy groups -OCH3 is 1. The van der Waals surface area contributed by atoms with Crippen molar-refractivity contribution in [3.63, 3.8) is 0 Å². The minimum absolute atomic E-state index is 0.181. The van der Waals surface area contributed by atoms with Gasteiger partial charge >= 0.3 is 21.3 Å². The molecule has 2 heterocycles. The van der Waals surface area contributed by atoms with E-state index in [1.54, 1.807) is 7.11 Å². The monoisotopic (exact) mass is 478 g/mol. The average molecular weight is 478 g/mol. The first kappa shape index (κ1) is 24.0. The molecule has 0 aliphatic carbocycles. The maximum absolute atomic E-state index is 12.6. The molecule has 1 aliphatic rings. The van der Waals surface area contributed by atoms with Crippen molar-refractivity contribution < 1.29 is 39.7 Å². The molecule has 0 saturated carbocycles. The summed E-state index contributed by atoms with van der Waals surface area (Å²) < 4.78 is 74.7. The minimum Gasteiger partial charge on any atom is -0.422 e. The molecule has 176 valence electrons. The van der Waals surface area contributed by atoms with Crippen LogP contribution in [0.15, 0.2) is 27.4 Å². The maximum atomic E-state index is 12.6. The second kappa shape index (κ2) is 9.08. The van der Waals surface area contributed by atoms with Crippen LogP contribution in [-0.4, -0.2) is 71.0 Å². The third-order valence-corrected chi connectivity index (χ3v) is 5.97. The van der Waals surface area contributed by atoms with Gasteiger partial charge in [-0.15, -0.1) is 0 Å². The molecule has 0 N–H and O–H groups in total. The molecule has 0 spiro atoms. The Morgan fingerprint density at radius 1 is 1.19 bits per heavy atom. The van der Waals surface area contributed by atoms with Gasteiger partial charge in [0, 0.05) is 51.3 Å². The molecular formula is C19H21F3N2O7S. The van der Waals surface area contributed by atoms with E-state index in [1.807, 2.05) is 4.90 Å². The first-order valence-corrected chi connectivity index (χ1v) is 10.9. The lowest BCUT2D eigenvalue weighted by atomic mass is 10.1. The Hall–Kier alpha value is -2.64. The molecule has 13 heteroatoms. The van der Waals surface area contributed by atoms with Crippen LogP contribution in [-0.2, 0) is 14.9 Å². The van der Waals surface area contributed by atoms with Crippen LogP contribution >= 0.6 is 0 Å². The summed E-state index contributed by atoms with van der Waals surface area (Å²) >= 11 is 0. The molecule has 32 heavy (non-hydrogen) atoms. The van der Waals surface area contributed by atoms with Crippen LogP contribution in [0.3, 0.4) is 0 Å². The van der Waals surface area contributed by atoms with E-state index >= 15 is 0 Å². The number of hydrogen-bond donors (Lipinski definition) is 0. The van der Waals surface area contributed by atoms with Gasteiger partial charge in [0.2, 0.25) is 0 Å². The topological polar surface area (TPSA) is 106 Å². The lowest BCUT2D eigenvalue weighted by Crippen LogP contribution is -2.48. The predicted octanol–water partition coefficient (Wildman–Crippen LogP) is 1.99. The molecule has 1 aliphatic heterocycles. The van der Waals surface area contributed by atoms with E-state index in [-0.39, 0.29) is 16.5 Å². The molecule has 0 radical (unpaired) electrons. The van der Waals surface area contributed by atoms with Gasteiger partial charge in [0.05, 0.1) is 12.3 Å². The van der Waals surface area contributed by atoms with Crippen LogP contribution in [0, 0.1) is 0 Å². The second-order valence-corrected chi connectivity index (χ2v) is 8.67. The van der Waals surface area contributed by atoms with Crippen LogP contribution in [0.25, 0.3) is 11.0 Å². The quantitative estimate of drug-likeness (QED) is 0.256. The summed E-state index contributed by atoms with van der Waals surface area (Å²) in [5.41, 5.74) is -6.68. The van der Waals surface area contributed by atoms with Gasteiger partial charge in [-0.1, -0.05) is 0 Å². The van der Waals surface area contributed by atoms with Crippen LogP contribution in [0.1, 0.15) is 17.3 Å². The van der Waals surface area contributed by atoms with Crippen LogP contribution < -0.4 is 14.7 Å². The summed E-state index contributed by atoms with van der Waals surface area (Å²) in [4.78, 5) is 28.7. The zero-order chi connectivity index (χ0) is 23.7. The molecule has 9 nitrogen and oxygen atoms in total. The first-order chi connectivity index (χ1) is 14.9. The normalized spacial score (nSPS) is 15.8. The predicted molar refractivity (Wildman–Crippen MR) is 109 cm³/mol. The van der Waals surface area contributed by atoms with Gasteiger partial charge < -0.3 is 18.2 Å². The van der Waals surface area contributed by atoms with Gasteiger partial charge in [-0.3, -0.25) is 9.69 Å². The molecule has 0 atom stereocenters. The first-order valence-electron chi connectivity index (χ1n) is 9.53. The van der Waals surface area contributed by atoms with Gasteiger partial charge in [0.1, 0.15) is 16.9 Å². The van der Waals surface area contributed by atoms with Crippen LogP contribution in [0.4, 0.5) is 18.9 Å². The molecular weight excluding hydrogens is 457 g/mol. The van der Waals surface area contributed by atoms with Crippen molar-refractivity contribution in [1.82, 2.24) is 4.90 Å². The molecule has 1 aromatic heterocycles. The van der Waals surface area contributed by atoms with E-state index < -0.39 is 32.8 Å². The van der Waals surface area contributed by atoms with Gasteiger partial charge in [-0.2, -0.15) is 21.6 Å². The maximum Gasteiger partial charge on any atom is 0.534 e. The molecule has 0 bridgehead atoms. The largest absolute Gasteiger partial charge is 0.534 e. The van der Waals surface area contributed by atoms with Gasteiger partial charge in [-0.25, -0.2) is 4.79 Å². The van der Waals surface area contributed by atoms with Crippen molar-refractivity contribution in [2.75, 3.05) is 51.3 Å². The standard InChI is InChI=1S/C19H21F3N2O7S/c1-12(25)16-17(24-7-5-23(6-8-24)9-10-29-2)14-4-3-13(11-15(14)30-18(16)26)31-32(27,28)19(20,21)22/h3-4,11H,5-10H2,1-2H3. The number of alkyl halides is 3. The Labute approximate surface area is 181 Å². The highest BCUT2D eigenvalue weighted by atomic mass is 32.2. The highest BCUT2D eigenvalue weighted by Gasteiger charge is 2.48. The summed E-state index contributed by atoms with van der Waals surface area (Å²) in [5, 5.41) is 0.275. The van der Waals surface area contributed by atoms with Crippen molar-refractivity contribution in [2.24, 2.45) is 0 Å². The Morgan fingerprint density at radius 2 is 1.84 bits per heavy atom. The van der Waals surface area contributed by atoms with E-state index in [1.165, 1.54) is 13.0 Å². The number of rotatable bonds is 7. The summed E-state index contributed by atoms with van der Waals surface area (Å²) in [5.74, 6) is -1.21. The number of piperazine rings is 1. The van der Waals surface area contributed by atoms with Gasteiger partial charge in [0.15, 0.2) is 5.78 Å². The molecule has 1 aromatic carbocycles. The van der Waals surface area contributed by atoms with Crippen molar-refractivity contribution in [2.45, 2.75) is 12.4 Å². The van der Waals surface area contributed by atoms with E-state index in [0.29, 0.717) is 38.5 Å². The number of hydrogen-bond acceptors (Lipinski definition) is 9. The SMILES string of the molecule is COCCN1CCN(c2c(C(C)=O)c(=O)oc3cc(OS(=O)(=O)C(F)(F)F)ccc23)CC1. The Morgan fingerprint density at radius 3 is 2.41 bits per heavy atom. The van der Waals surface area contributed by atoms with E-state index in [0.717, 1.165) is 18.7 Å². The fraction of sp³-hybridized carbons (Fsp3) is 0.474. The summed E-state index contributed by atoms with van der Waals surface area (Å²) in [6, 6.07) is 3.15. The van der Waals surface area contributed by atoms with Crippen molar-refractivity contribution in [1.29, 1.82) is 0 Å². The Bertz CT molecular complexity index is 1170. The fourth-order valence-electron chi connectivity index (χ4n) is 3.45. The van der Waals surface area contributed by atoms with E-state index in [4.69, 9.17) is 9.15 Å². The van der Waals surface area contributed by atoms with Crippen LogP contribution in [0.2, 0.25) is 0 Å². The number of carbonyl (C=O) groups excluding carboxylic acids is 1. The molecule has 2 aromatic rings. The number of carbonyl (C=O) groups is 1. The Balaban J connectivity index is 2.02. The highest BCUT2D eigenvalue weighted by molar-refractivity contribution is 7.88. The highest BCUT2D eigenvalue weighted by Crippen LogP contribution is 2.34. The number of fused-ring (bicyclic) bond motifs is 1. The lowest BCUT2D eigenvalue weighted by molar-refractivity contribution is -0.0500. The number of benzene rings is 1. The van der Waals surface area contributed by atoms with Crippen molar-refractivity contribution >= 4 is 32.6 Å². The third-order valence-electron chi connectivity index (χ3n) is 4.99. The van der Waals surface area contributed by atoms with E-state index in [2.05, 4.69) is 9.08 Å². The average Bonchev–Trinajstić information content (AvgIpc) is 2.70. The second-order valence-electron chi connectivity index (χ2n) is 7.13. The zero-order valence-electron chi connectivity index (χ0n) is 17.3. The van der Waals surface area contributed by atoms with Crippen molar-refractivity contribution in [3.8, 4) is 5.75 Å². The van der Waals surface area contributed by atoms with Gasteiger partial charge in [0.25, 0.3) is 0 Å². The lowest BCUT2D eigenvalue weighted by Gasteiger charge is -2.36. The molecule has 0 amide bonds. The molecule has 3 rings (SSSR count). The minimum atomic E-state index is -5.90. The smallest absolute Gasteiger partial charge is 0.422 e. The molecule has 0 unspecified atom stereocenters. The number of ketones is 1. The third kappa shape index (κ3) is 4.89. The molecule has 1 fully saturated rings. The summed E-state index contributed by atoms with van der Waals surface area (Å²) in [6.45, 7) is 4.70. The fourth-order valence-corrected chi connectivity index (χ4v) is 3.90. The van der Waals surface area contributed by atoms with Crippen LogP contribution in [0.5, 0.6) is 5.75 Å². The number of Topliss-reactive ketones (excluding diaryl/α,β-unsaturated/α-hetero) is 1. The summed E-state index contributed by atoms with van der Waals surface area (Å²) in [6.07, 6.45) is 0. The van der Waals surface area contributed by atoms with E-state index in [9.17, 15) is 31.2 Å². The number of ether oxygens (including phenoxy) is 1. The van der Waals surface area contributed by atoms with Crippen molar-refractivity contribution in [3.05, 3.63) is 34.2 Å². The van der Waals surface area contributed by atoms with Gasteiger partial charge in [-0.05, 0) is 19.1 Å². The Kier molecular flexibility index (Phi) is 6.81. The summed E-state index contributed by atoms with van der Waals surface area (Å²) in [7, 11) is -4.30. The number of halogens is 3. The molecule has 1 saturated heterocycles.